The van der Waals surface area contributed by atoms with Gasteiger partial charge in [0, 0.05) is 0 Å². The second-order valence-corrected chi connectivity index (χ2v) is 4.80. The Hall–Kier alpha value is -1.07. The Kier molecular flexibility index (Phi) is 3.49. The normalized spacial score (nSPS) is 11.3. The van der Waals surface area contributed by atoms with Crippen molar-refractivity contribution in [1.29, 1.82) is 0 Å². The molecule has 0 heterocycles. The highest BCUT2D eigenvalue weighted by atomic mass is 32.2. The molecule has 0 atom stereocenters. The van der Waals surface area contributed by atoms with E-state index in [1.165, 1.54) is 4.31 Å². The van der Waals surface area contributed by atoms with Crippen molar-refractivity contribution < 1.29 is 13.5 Å². The van der Waals surface area contributed by atoms with E-state index < -0.39 is 10.0 Å². The maximum atomic E-state index is 11.3. The van der Waals surface area contributed by atoms with E-state index in [9.17, 15) is 8.42 Å². The van der Waals surface area contributed by atoms with Crippen LogP contribution in [0, 0.1) is 0 Å². The first-order chi connectivity index (χ1) is 6.55. The lowest BCUT2D eigenvalue weighted by Gasteiger charge is -2.20. The monoisotopic (exact) mass is 215 g/mol. The lowest BCUT2D eigenvalue weighted by Crippen LogP contribution is -2.32. The third-order valence-electron chi connectivity index (χ3n) is 1.75. The quantitative estimate of drug-likeness (QED) is 0.793. The van der Waals surface area contributed by atoms with Crippen LogP contribution in [0.25, 0.3) is 0 Å². The molecule has 0 aliphatic carbocycles. The Balaban J connectivity index is 3.02. The van der Waals surface area contributed by atoms with Gasteiger partial charge in [0.05, 0.1) is 25.1 Å². The molecule has 4 nitrogen and oxygen atoms in total. The number of aliphatic hydroxyl groups excluding tert-OH is 1. The van der Waals surface area contributed by atoms with Crippen LogP contribution in [0.3, 0.4) is 0 Å². The Morgan fingerprint density at radius 3 is 2.29 bits per heavy atom. The van der Waals surface area contributed by atoms with Crippen LogP contribution in [0.4, 0.5) is 5.69 Å². The number of hydrogen-bond donors (Lipinski definition) is 1. The van der Waals surface area contributed by atoms with Gasteiger partial charge in [-0.15, -0.1) is 0 Å². The highest BCUT2D eigenvalue weighted by Crippen LogP contribution is 2.15. The molecule has 1 aromatic carbocycles. The molecule has 1 aromatic rings. The Morgan fingerprint density at radius 2 is 1.86 bits per heavy atom. The number of para-hydroxylation sites is 1. The predicted octanol–water partition coefficient (Wildman–Crippen LogP) is 0.445. The zero-order chi connectivity index (χ0) is 10.6. The van der Waals surface area contributed by atoms with Crippen LogP contribution < -0.4 is 4.31 Å². The van der Waals surface area contributed by atoms with Crippen molar-refractivity contribution in [2.45, 2.75) is 0 Å². The molecular weight excluding hydrogens is 202 g/mol. The first-order valence-corrected chi connectivity index (χ1v) is 6.04. The zero-order valence-electron chi connectivity index (χ0n) is 7.92. The molecule has 0 aliphatic rings. The fourth-order valence-corrected chi connectivity index (χ4v) is 2.09. The Bertz CT molecular complexity index is 374. The lowest BCUT2D eigenvalue weighted by atomic mass is 10.3. The van der Waals surface area contributed by atoms with E-state index in [0.717, 1.165) is 6.26 Å². The smallest absolute Gasteiger partial charge is 0.232 e. The molecule has 0 aliphatic heterocycles. The summed E-state index contributed by atoms with van der Waals surface area (Å²) in [4.78, 5) is 0. The minimum atomic E-state index is -3.31. The number of sulfonamides is 1. The average Bonchev–Trinajstić information content (AvgIpc) is 2.14. The number of rotatable bonds is 4. The molecule has 0 saturated carbocycles. The van der Waals surface area contributed by atoms with Gasteiger partial charge in [0.1, 0.15) is 0 Å². The fourth-order valence-electron chi connectivity index (χ4n) is 1.17. The maximum Gasteiger partial charge on any atom is 0.232 e. The maximum absolute atomic E-state index is 11.3. The lowest BCUT2D eigenvalue weighted by molar-refractivity contribution is 0.307. The summed E-state index contributed by atoms with van der Waals surface area (Å²) < 4.78 is 23.8. The van der Waals surface area contributed by atoms with Crippen LogP contribution in [0.1, 0.15) is 0 Å². The third kappa shape index (κ3) is 2.71. The Morgan fingerprint density at radius 1 is 1.29 bits per heavy atom. The van der Waals surface area contributed by atoms with Crippen LogP contribution in [0.15, 0.2) is 30.3 Å². The molecule has 0 aromatic heterocycles. The van der Waals surface area contributed by atoms with E-state index in [2.05, 4.69) is 0 Å². The number of hydrogen-bond acceptors (Lipinski definition) is 3. The first kappa shape index (κ1) is 11.0. The molecule has 14 heavy (non-hydrogen) atoms. The van der Waals surface area contributed by atoms with Crippen molar-refractivity contribution in [3.63, 3.8) is 0 Å². The van der Waals surface area contributed by atoms with Gasteiger partial charge in [-0.25, -0.2) is 8.42 Å². The number of aliphatic hydroxyl groups is 1. The second-order valence-electron chi connectivity index (χ2n) is 2.89. The van der Waals surface area contributed by atoms with Gasteiger partial charge in [0.2, 0.25) is 10.0 Å². The molecule has 0 bridgehead atoms. The summed E-state index contributed by atoms with van der Waals surface area (Å²) in [5, 5.41) is 8.76. The summed E-state index contributed by atoms with van der Waals surface area (Å²) in [5.41, 5.74) is 0.573. The fraction of sp³-hybridized carbons (Fsp3) is 0.333. The second kappa shape index (κ2) is 4.43. The molecule has 0 amide bonds. The van der Waals surface area contributed by atoms with Crippen molar-refractivity contribution in [2.24, 2.45) is 0 Å². The first-order valence-electron chi connectivity index (χ1n) is 4.19. The summed E-state index contributed by atoms with van der Waals surface area (Å²) in [6, 6.07) is 8.70. The standard InChI is InChI=1S/C9H13NO3S/c1-14(12,13)10(7-8-11)9-5-3-2-4-6-9/h2-6,11H,7-8H2,1H3. The highest BCUT2D eigenvalue weighted by Gasteiger charge is 2.15. The summed E-state index contributed by atoms with van der Waals surface area (Å²) in [5.74, 6) is 0. The largest absolute Gasteiger partial charge is 0.394 e. The molecule has 78 valence electrons. The van der Waals surface area contributed by atoms with Gasteiger partial charge in [-0.05, 0) is 12.1 Å². The van der Waals surface area contributed by atoms with Crippen molar-refractivity contribution in [3.8, 4) is 0 Å². The SMILES string of the molecule is CS(=O)(=O)N(CCO)c1ccccc1. The van der Waals surface area contributed by atoms with E-state index in [-0.39, 0.29) is 13.2 Å². The van der Waals surface area contributed by atoms with Crippen molar-refractivity contribution in [2.75, 3.05) is 23.7 Å². The van der Waals surface area contributed by atoms with E-state index in [0.29, 0.717) is 5.69 Å². The molecule has 1 N–H and O–H groups in total. The van der Waals surface area contributed by atoms with Crippen molar-refractivity contribution >= 4 is 15.7 Å². The van der Waals surface area contributed by atoms with Crippen LogP contribution in [0.2, 0.25) is 0 Å². The van der Waals surface area contributed by atoms with Crippen LogP contribution in [-0.4, -0.2) is 32.9 Å². The van der Waals surface area contributed by atoms with Gasteiger partial charge >= 0.3 is 0 Å². The van der Waals surface area contributed by atoms with Crippen LogP contribution >= 0.6 is 0 Å². The third-order valence-corrected chi connectivity index (χ3v) is 2.94. The average molecular weight is 215 g/mol. The molecule has 0 unspecified atom stereocenters. The molecule has 0 radical (unpaired) electrons. The van der Waals surface area contributed by atoms with Crippen LogP contribution in [-0.2, 0) is 10.0 Å². The summed E-state index contributed by atoms with van der Waals surface area (Å²) in [6.07, 6.45) is 1.12. The van der Waals surface area contributed by atoms with Gasteiger partial charge in [-0.1, -0.05) is 18.2 Å². The zero-order valence-corrected chi connectivity index (χ0v) is 8.74. The number of anilines is 1. The van der Waals surface area contributed by atoms with Gasteiger partial charge in [0.25, 0.3) is 0 Å². The van der Waals surface area contributed by atoms with Crippen LogP contribution in [0.5, 0.6) is 0 Å². The topological polar surface area (TPSA) is 57.6 Å². The van der Waals surface area contributed by atoms with E-state index >= 15 is 0 Å². The molecule has 0 fully saturated rings. The van der Waals surface area contributed by atoms with Crippen molar-refractivity contribution in [3.05, 3.63) is 30.3 Å². The molecule has 0 saturated heterocycles. The minimum absolute atomic E-state index is 0.0862. The summed E-state index contributed by atoms with van der Waals surface area (Å²) in [7, 11) is -3.31. The number of benzene rings is 1. The van der Waals surface area contributed by atoms with Gasteiger partial charge in [-0.2, -0.15) is 0 Å². The van der Waals surface area contributed by atoms with E-state index in [4.69, 9.17) is 5.11 Å². The summed E-state index contributed by atoms with van der Waals surface area (Å²) >= 11 is 0. The minimum Gasteiger partial charge on any atom is -0.394 e. The Labute approximate surface area is 83.8 Å². The number of nitrogens with zero attached hydrogens (tertiary/aromatic N) is 1. The van der Waals surface area contributed by atoms with E-state index in [1.54, 1.807) is 24.3 Å². The molecule has 5 heteroatoms. The predicted molar refractivity (Wildman–Crippen MR) is 55.7 cm³/mol. The molecule has 1 rings (SSSR count). The van der Waals surface area contributed by atoms with E-state index in [1.807, 2.05) is 6.07 Å². The van der Waals surface area contributed by atoms with Gasteiger partial charge < -0.3 is 5.11 Å². The highest BCUT2D eigenvalue weighted by molar-refractivity contribution is 7.92. The van der Waals surface area contributed by atoms with Gasteiger partial charge in [-0.3, -0.25) is 4.31 Å². The van der Waals surface area contributed by atoms with Gasteiger partial charge in [0.15, 0.2) is 0 Å². The molecular formula is C9H13NO3S. The summed E-state index contributed by atoms with van der Waals surface area (Å²) in [6.45, 7) is -0.106. The van der Waals surface area contributed by atoms with Crippen molar-refractivity contribution in [1.82, 2.24) is 0 Å². The molecule has 0 spiro atoms.